The van der Waals surface area contributed by atoms with E-state index >= 15 is 0 Å². The third kappa shape index (κ3) is 5.15. The standard InChI is InChI=1S/C25H27FN2O/c26-23-13-7-8-14-25(23)29-24(21-9-3-1-4-10-21)15-16-27-17-19-28(20-18-27)22-11-5-2-6-12-22/h1-14,24H,15-20H2. The number of anilines is 1. The van der Waals surface area contributed by atoms with Crippen LogP contribution in [0.3, 0.4) is 0 Å². The number of nitrogens with zero attached hydrogens (tertiary/aromatic N) is 2. The lowest BCUT2D eigenvalue weighted by atomic mass is 10.1. The van der Waals surface area contributed by atoms with Crippen molar-refractivity contribution in [1.29, 1.82) is 0 Å². The lowest BCUT2D eigenvalue weighted by Crippen LogP contribution is -2.46. The van der Waals surface area contributed by atoms with Crippen molar-refractivity contribution in [2.24, 2.45) is 0 Å². The Bertz CT molecular complexity index is 880. The molecule has 3 aromatic carbocycles. The number of rotatable bonds is 7. The Kier molecular flexibility index (Phi) is 6.42. The van der Waals surface area contributed by atoms with E-state index in [1.807, 2.05) is 24.3 Å². The van der Waals surface area contributed by atoms with Crippen LogP contribution in [-0.2, 0) is 0 Å². The van der Waals surface area contributed by atoms with Gasteiger partial charge in [0.15, 0.2) is 11.6 Å². The second-order valence-corrected chi connectivity index (χ2v) is 7.40. The maximum Gasteiger partial charge on any atom is 0.165 e. The molecule has 4 rings (SSSR count). The largest absolute Gasteiger partial charge is 0.483 e. The summed E-state index contributed by atoms with van der Waals surface area (Å²) < 4.78 is 20.2. The topological polar surface area (TPSA) is 15.7 Å². The molecule has 3 aromatic rings. The molecule has 29 heavy (non-hydrogen) atoms. The predicted octanol–water partition coefficient (Wildman–Crippen LogP) is 5.16. The highest BCUT2D eigenvalue weighted by atomic mass is 19.1. The summed E-state index contributed by atoms with van der Waals surface area (Å²) in [5.41, 5.74) is 2.37. The normalized spacial score (nSPS) is 15.8. The van der Waals surface area contributed by atoms with Gasteiger partial charge in [-0.25, -0.2) is 4.39 Å². The lowest BCUT2D eigenvalue weighted by Gasteiger charge is -2.36. The zero-order chi connectivity index (χ0) is 19.9. The van der Waals surface area contributed by atoms with Crippen LogP contribution in [0.1, 0.15) is 18.1 Å². The predicted molar refractivity (Wildman–Crippen MR) is 116 cm³/mol. The third-order valence-electron chi connectivity index (χ3n) is 5.48. The van der Waals surface area contributed by atoms with E-state index in [2.05, 4.69) is 52.3 Å². The van der Waals surface area contributed by atoms with Crippen molar-refractivity contribution in [1.82, 2.24) is 4.90 Å². The summed E-state index contributed by atoms with van der Waals surface area (Å²) in [6.07, 6.45) is 0.657. The molecule has 3 nitrogen and oxygen atoms in total. The number of para-hydroxylation sites is 2. The highest BCUT2D eigenvalue weighted by Gasteiger charge is 2.20. The molecule has 1 heterocycles. The average Bonchev–Trinajstić information content (AvgIpc) is 2.79. The summed E-state index contributed by atoms with van der Waals surface area (Å²) in [6.45, 7) is 5.02. The van der Waals surface area contributed by atoms with Crippen molar-refractivity contribution in [3.05, 3.63) is 96.3 Å². The van der Waals surface area contributed by atoms with Crippen molar-refractivity contribution in [3.8, 4) is 5.75 Å². The molecule has 0 saturated carbocycles. The molecule has 1 saturated heterocycles. The van der Waals surface area contributed by atoms with Gasteiger partial charge in [0.05, 0.1) is 0 Å². The number of halogens is 1. The van der Waals surface area contributed by atoms with Crippen LogP contribution in [0.15, 0.2) is 84.9 Å². The van der Waals surface area contributed by atoms with E-state index in [0.717, 1.165) is 44.7 Å². The first-order valence-corrected chi connectivity index (χ1v) is 10.3. The Morgan fingerprint density at radius 1 is 0.759 bits per heavy atom. The molecule has 1 fully saturated rings. The van der Waals surface area contributed by atoms with Gasteiger partial charge in [0.2, 0.25) is 0 Å². The van der Waals surface area contributed by atoms with Crippen LogP contribution in [0, 0.1) is 5.82 Å². The second-order valence-electron chi connectivity index (χ2n) is 7.40. The Morgan fingerprint density at radius 2 is 1.38 bits per heavy atom. The summed E-state index contributed by atoms with van der Waals surface area (Å²) in [7, 11) is 0. The van der Waals surface area contributed by atoms with Crippen LogP contribution in [0.4, 0.5) is 10.1 Å². The molecule has 1 unspecified atom stereocenters. The molecule has 0 spiro atoms. The summed E-state index contributed by atoms with van der Waals surface area (Å²) in [5.74, 6) is 0.000145. The van der Waals surface area contributed by atoms with Gasteiger partial charge in [0.1, 0.15) is 6.10 Å². The van der Waals surface area contributed by atoms with Crippen LogP contribution in [-0.4, -0.2) is 37.6 Å². The van der Waals surface area contributed by atoms with Crippen LogP contribution in [0.25, 0.3) is 0 Å². The average molecular weight is 391 g/mol. The first-order valence-electron chi connectivity index (χ1n) is 10.3. The molecular weight excluding hydrogens is 363 g/mol. The number of hydrogen-bond donors (Lipinski definition) is 0. The minimum absolute atomic E-state index is 0.166. The van der Waals surface area contributed by atoms with Crippen LogP contribution in [0.2, 0.25) is 0 Å². The zero-order valence-corrected chi connectivity index (χ0v) is 16.6. The maximum absolute atomic E-state index is 14.1. The van der Waals surface area contributed by atoms with Gasteiger partial charge in [-0.15, -0.1) is 0 Å². The van der Waals surface area contributed by atoms with Crippen LogP contribution < -0.4 is 9.64 Å². The fraction of sp³-hybridized carbons (Fsp3) is 0.280. The molecular formula is C25H27FN2O. The first kappa shape index (κ1) is 19.5. The third-order valence-corrected chi connectivity index (χ3v) is 5.48. The number of hydrogen-bond acceptors (Lipinski definition) is 3. The lowest BCUT2D eigenvalue weighted by molar-refractivity contribution is 0.155. The second kappa shape index (κ2) is 9.57. The van der Waals surface area contributed by atoms with E-state index in [-0.39, 0.29) is 11.9 Å². The smallest absolute Gasteiger partial charge is 0.165 e. The van der Waals surface area contributed by atoms with Gasteiger partial charge < -0.3 is 9.64 Å². The van der Waals surface area contributed by atoms with Gasteiger partial charge in [0.25, 0.3) is 0 Å². The van der Waals surface area contributed by atoms with Gasteiger partial charge in [0, 0.05) is 44.8 Å². The molecule has 0 aromatic heterocycles. The fourth-order valence-electron chi connectivity index (χ4n) is 3.82. The van der Waals surface area contributed by atoms with Crippen molar-refractivity contribution in [3.63, 3.8) is 0 Å². The van der Waals surface area contributed by atoms with Gasteiger partial charge in [-0.1, -0.05) is 60.7 Å². The Hall–Kier alpha value is -2.85. The first-order chi connectivity index (χ1) is 14.3. The quantitative estimate of drug-likeness (QED) is 0.554. The molecule has 0 radical (unpaired) electrons. The minimum Gasteiger partial charge on any atom is -0.483 e. The van der Waals surface area contributed by atoms with E-state index in [9.17, 15) is 4.39 Å². The van der Waals surface area contributed by atoms with Gasteiger partial charge in [-0.3, -0.25) is 4.90 Å². The van der Waals surface area contributed by atoms with Crippen LogP contribution >= 0.6 is 0 Å². The van der Waals surface area contributed by atoms with E-state index < -0.39 is 0 Å². The summed E-state index contributed by atoms with van der Waals surface area (Å²) in [5, 5.41) is 0. The van der Waals surface area contributed by atoms with Gasteiger partial charge in [-0.05, 0) is 29.8 Å². The molecule has 1 aliphatic rings. The highest BCUT2D eigenvalue weighted by molar-refractivity contribution is 5.46. The number of benzene rings is 3. The molecule has 0 amide bonds. The van der Waals surface area contributed by atoms with Crippen molar-refractivity contribution in [2.45, 2.75) is 12.5 Å². The van der Waals surface area contributed by atoms with Gasteiger partial charge in [-0.2, -0.15) is 0 Å². The van der Waals surface area contributed by atoms with Crippen molar-refractivity contribution < 1.29 is 9.13 Å². The minimum atomic E-state index is -0.315. The summed E-state index contributed by atoms with van der Waals surface area (Å²) >= 11 is 0. The summed E-state index contributed by atoms with van der Waals surface area (Å²) in [4.78, 5) is 4.90. The van der Waals surface area contributed by atoms with Gasteiger partial charge >= 0.3 is 0 Å². The summed E-state index contributed by atoms with van der Waals surface area (Å²) in [6, 6.07) is 27.3. The maximum atomic E-state index is 14.1. The fourth-order valence-corrected chi connectivity index (χ4v) is 3.82. The molecule has 1 aliphatic heterocycles. The van der Waals surface area contributed by atoms with E-state index in [1.54, 1.807) is 12.1 Å². The van der Waals surface area contributed by atoms with E-state index in [4.69, 9.17) is 4.74 Å². The SMILES string of the molecule is Fc1ccccc1OC(CCN1CCN(c2ccccc2)CC1)c1ccccc1. The Morgan fingerprint density at radius 3 is 2.07 bits per heavy atom. The number of piperazine rings is 1. The van der Waals surface area contributed by atoms with Crippen LogP contribution in [0.5, 0.6) is 5.75 Å². The molecule has 0 bridgehead atoms. The monoisotopic (exact) mass is 390 g/mol. The van der Waals surface area contributed by atoms with Crippen molar-refractivity contribution in [2.75, 3.05) is 37.6 Å². The molecule has 150 valence electrons. The van der Waals surface area contributed by atoms with Crippen molar-refractivity contribution >= 4 is 5.69 Å². The molecule has 0 aliphatic carbocycles. The number of ether oxygens (including phenoxy) is 1. The Balaban J connectivity index is 1.37. The highest BCUT2D eigenvalue weighted by Crippen LogP contribution is 2.27. The van der Waals surface area contributed by atoms with E-state index in [0.29, 0.717) is 5.75 Å². The Labute approximate surface area is 172 Å². The van der Waals surface area contributed by atoms with E-state index in [1.165, 1.54) is 11.8 Å². The molecule has 1 atom stereocenters. The molecule has 0 N–H and O–H groups in total. The zero-order valence-electron chi connectivity index (χ0n) is 16.6. The molecule has 4 heteroatoms.